The van der Waals surface area contributed by atoms with Crippen molar-refractivity contribution < 1.29 is 4.79 Å². The second-order valence-electron chi connectivity index (χ2n) is 6.40. The maximum Gasteiger partial charge on any atom is 0.230 e. The van der Waals surface area contributed by atoms with Crippen LogP contribution in [0.4, 0.5) is 0 Å². The van der Waals surface area contributed by atoms with Crippen molar-refractivity contribution in [2.45, 2.75) is 30.8 Å². The Balaban J connectivity index is 1.56. The van der Waals surface area contributed by atoms with E-state index in [4.69, 9.17) is 29.0 Å². The van der Waals surface area contributed by atoms with Crippen LogP contribution in [0.2, 0.25) is 10.0 Å². The zero-order valence-corrected chi connectivity index (χ0v) is 18.9. The first-order valence-electron chi connectivity index (χ1n) is 9.08. The number of nitrogen functional groups attached to an aromatic ring is 1. The molecule has 10 heteroatoms. The van der Waals surface area contributed by atoms with Crippen LogP contribution >= 0.6 is 46.3 Å². The summed E-state index contributed by atoms with van der Waals surface area (Å²) in [6, 6.07) is 9.33. The number of hydrogen-bond donors (Lipinski definition) is 2. The van der Waals surface area contributed by atoms with Crippen molar-refractivity contribution in [3.05, 3.63) is 51.3 Å². The molecule has 0 fully saturated rings. The van der Waals surface area contributed by atoms with Crippen molar-refractivity contribution in [1.29, 1.82) is 0 Å². The third-order valence-electron chi connectivity index (χ3n) is 4.32. The van der Waals surface area contributed by atoms with Gasteiger partial charge >= 0.3 is 0 Å². The molecule has 0 spiro atoms. The zero-order valence-electron chi connectivity index (χ0n) is 15.8. The molecule has 0 aliphatic heterocycles. The summed E-state index contributed by atoms with van der Waals surface area (Å²) in [5.41, 5.74) is 0.994. The van der Waals surface area contributed by atoms with Crippen LogP contribution in [0.15, 0.2) is 40.9 Å². The quantitative estimate of drug-likeness (QED) is 0.346. The molecule has 2 heterocycles. The second kappa shape index (κ2) is 10.3. The lowest BCUT2D eigenvalue weighted by Gasteiger charge is -2.19. The summed E-state index contributed by atoms with van der Waals surface area (Å²) in [6.45, 7) is 2.61. The average molecular weight is 470 g/mol. The summed E-state index contributed by atoms with van der Waals surface area (Å²) in [7, 11) is 0. The monoisotopic (exact) mass is 469 g/mol. The van der Waals surface area contributed by atoms with E-state index in [2.05, 4.69) is 22.4 Å². The van der Waals surface area contributed by atoms with Gasteiger partial charge in [0.2, 0.25) is 11.1 Å². The van der Waals surface area contributed by atoms with Crippen LogP contribution in [-0.2, 0) is 4.79 Å². The third-order valence-corrected chi connectivity index (χ3v) is 6.69. The number of amides is 1. The molecule has 1 aromatic carbocycles. The molecule has 0 saturated carbocycles. The molecule has 3 N–H and O–H groups in total. The highest BCUT2D eigenvalue weighted by Crippen LogP contribution is 2.30. The molecule has 154 valence electrons. The Morgan fingerprint density at radius 3 is 2.86 bits per heavy atom. The SMILES string of the molecule is CCCC(CNC(=O)CSc1nnc(-c2cccs2)n1N)c1ccc(Cl)cc1Cl. The first-order valence-corrected chi connectivity index (χ1v) is 11.7. The van der Waals surface area contributed by atoms with Gasteiger partial charge in [-0.15, -0.1) is 21.5 Å². The van der Waals surface area contributed by atoms with E-state index in [9.17, 15) is 4.79 Å². The normalized spacial score (nSPS) is 12.1. The van der Waals surface area contributed by atoms with Gasteiger partial charge in [0.1, 0.15) is 0 Å². The number of benzene rings is 1. The highest BCUT2D eigenvalue weighted by atomic mass is 35.5. The van der Waals surface area contributed by atoms with E-state index >= 15 is 0 Å². The van der Waals surface area contributed by atoms with Gasteiger partial charge in [0.05, 0.1) is 10.6 Å². The maximum atomic E-state index is 12.4. The summed E-state index contributed by atoms with van der Waals surface area (Å²) < 4.78 is 1.41. The maximum absolute atomic E-state index is 12.4. The predicted octanol–water partition coefficient (Wildman–Crippen LogP) is 4.82. The van der Waals surface area contributed by atoms with Gasteiger partial charge in [-0.3, -0.25) is 4.79 Å². The first kappa shape index (κ1) is 22.0. The van der Waals surface area contributed by atoms with Crippen molar-refractivity contribution >= 4 is 52.2 Å². The highest BCUT2D eigenvalue weighted by Gasteiger charge is 2.17. The van der Waals surface area contributed by atoms with E-state index in [1.54, 1.807) is 6.07 Å². The fourth-order valence-electron chi connectivity index (χ4n) is 2.92. The van der Waals surface area contributed by atoms with Gasteiger partial charge in [-0.2, -0.15) is 0 Å². The summed E-state index contributed by atoms with van der Waals surface area (Å²) in [5, 5.41) is 14.8. The standard InChI is InChI=1S/C19H21Cl2N5OS2/c1-2-4-12(14-7-6-13(20)9-15(14)21)10-23-17(27)11-29-19-25-24-18(26(19)22)16-5-3-8-28-16/h3,5-9,12H,2,4,10-11,22H2,1H3,(H,23,27). The smallest absolute Gasteiger partial charge is 0.230 e. The van der Waals surface area contributed by atoms with Crippen LogP contribution in [0.3, 0.4) is 0 Å². The minimum Gasteiger partial charge on any atom is -0.355 e. The molecular formula is C19H21Cl2N5OS2. The van der Waals surface area contributed by atoms with Crippen molar-refractivity contribution in [3.63, 3.8) is 0 Å². The van der Waals surface area contributed by atoms with Gasteiger partial charge in [-0.1, -0.05) is 60.4 Å². The molecule has 3 rings (SSSR count). The molecule has 0 saturated heterocycles. The minimum atomic E-state index is -0.0955. The second-order valence-corrected chi connectivity index (χ2v) is 9.13. The fourth-order valence-corrected chi connectivity index (χ4v) is 4.87. The summed E-state index contributed by atoms with van der Waals surface area (Å²) in [4.78, 5) is 13.3. The molecule has 3 aromatic rings. The predicted molar refractivity (Wildman–Crippen MR) is 121 cm³/mol. The number of nitrogens with two attached hydrogens (primary N) is 1. The van der Waals surface area contributed by atoms with Crippen molar-refractivity contribution in [2.75, 3.05) is 18.1 Å². The molecule has 2 aromatic heterocycles. The number of rotatable bonds is 9. The van der Waals surface area contributed by atoms with Gasteiger partial charge in [-0.25, -0.2) is 4.68 Å². The molecule has 0 radical (unpaired) electrons. The molecule has 1 unspecified atom stereocenters. The topological polar surface area (TPSA) is 85.8 Å². The van der Waals surface area contributed by atoms with Crippen LogP contribution in [0.25, 0.3) is 10.7 Å². The zero-order chi connectivity index (χ0) is 20.8. The van der Waals surface area contributed by atoms with Crippen LogP contribution < -0.4 is 11.2 Å². The van der Waals surface area contributed by atoms with Crippen LogP contribution in [0.5, 0.6) is 0 Å². The van der Waals surface area contributed by atoms with Gasteiger partial charge in [0.15, 0.2) is 5.82 Å². The van der Waals surface area contributed by atoms with Crippen LogP contribution in [-0.4, -0.2) is 33.1 Å². The number of thiophene rings is 1. The molecule has 6 nitrogen and oxygen atoms in total. The lowest BCUT2D eigenvalue weighted by Crippen LogP contribution is -2.30. The molecule has 1 amide bonds. The van der Waals surface area contributed by atoms with Gasteiger partial charge in [0, 0.05) is 22.5 Å². The van der Waals surface area contributed by atoms with Crippen molar-refractivity contribution in [2.24, 2.45) is 0 Å². The summed E-state index contributed by atoms with van der Waals surface area (Å²) >= 11 is 15.1. The largest absolute Gasteiger partial charge is 0.355 e. The van der Waals surface area contributed by atoms with E-state index < -0.39 is 0 Å². The number of nitrogens with zero attached hydrogens (tertiary/aromatic N) is 3. The number of halogens is 2. The van der Waals surface area contributed by atoms with E-state index in [0.717, 1.165) is 23.3 Å². The van der Waals surface area contributed by atoms with Gasteiger partial charge in [-0.05, 0) is 35.6 Å². The Labute approximate surface area is 187 Å². The van der Waals surface area contributed by atoms with E-state index in [1.165, 1.54) is 27.8 Å². The molecule has 0 aliphatic carbocycles. The first-order chi connectivity index (χ1) is 14.0. The summed E-state index contributed by atoms with van der Waals surface area (Å²) in [6.07, 6.45) is 1.89. The Morgan fingerprint density at radius 1 is 1.34 bits per heavy atom. The third kappa shape index (κ3) is 5.66. The van der Waals surface area contributed by atoms with Crippen molar-refractivity contribution in [3.8, 4) is 10.7 Å². The van der Waals surface area contributed by atoms with E-state index in [-0.39, 0.29) is 17.6 Å². The van der Waals surface area contributed by atoms with Gasteiger partial charge in [0.25, 0.3) is 0 Å². The van der Waals surface area contributed by atoms with E-state index in [0.29, 0.717) is 27.6 Å². The van der Waals surface area contributed by atoms with Crippen LogP contribution in [0.1, 0.15) is 31.2 Å². The molecule has 1 atom stereocenters. The number of hydrogen-bond acceptors (Lipinski definition) is 6. The Hall–Kier alpha value is -1.74. The number of nitrogens with one attached hydrogen (secondary N) is 1. The number of carbonyl (C=O) groups excluding carboxylic acids is 1. The lowest BCUT2D eigenvalue weighted by molar-refractivity contribution is -0.118. The Bertz CT molecular complexity index is 962. The number of carbonyl (C=O) groups is 1. The Morgan fingerprint density at radius 2 is 2.17 bits per heavy atom. The fraction of sp³-hybridized carbons (Fsp3) is 0.316. The highest BCUT2D eigenvalue weighted by molar-refractivity contribution is 7.99. The lowest BCUT2D eigenvalue weighted by atomic mass is 9.94. The summed E-state index contributed by atoms with van der Waals surface area (Å²) in [5.74, 6) is 6.89. The Kier molecular flexibility index (Phi) is 7.83. The number of thioether (sulfide) groups is 1. The molecular weight excluding hydrogens is 449 g/mol. The average Bonchev–Trinajstić information content (AvgIpc) is 3.33. The van der Waals surface area contributed by atoms with Crippen LogP contribution in [0, 0.1) is 0 Å². The van der Waals surface area contributed by atoms with E-state index in [1.807, 2.05) is 29.6 Å². The number of aromatic nitrogens is 3. The molecule has 29 heavy (non-hydrogen) atoms. The molecule has 0 aliphatic rings. The van der Waals surface area contributed by atoms with Gasteiger partial charge < -0.3 is 11.2 Å². The molecule has 0 bridgehead atoms. The van der Waals surface area contributed by atoms with Crippen molar-refractivity contribution in [1.82, 2.24) is 20.2 Å². The minimum absolute atomic E-state index is 0.0955.